The van der Waals surface area contributed by atoms with Gasteiger partial charge in [0.05, 0.1) is 18.2 Å². The van der Waals surface area contributed by atoms with Crippen molar-refractivity contribution in [1.29, 1.82) is 0 Å². The number of Topliss-reactive ketones (excluding diaryl/α,β-unsaturated/α-hetero) is 2. The van der Waals surface area contributed by atoms with Crippen LogP contribution in [0.25, 0.3) is 17.1 Å². The molecule has 0 saturated heterocycles. The second-order valence-electron chi connectivity index (χ2n) is 11.6. The first-order valence-corrected chi connectivity index (χ1v) is 13.3. The molecule has 2 aromatic rings. The Bertz CT molecular complexity index is 1430. The number of carbonyl (C=O) groups is 3. The summed E-state index contributed by atoms with van der Waals surface area (Å²) in [6.07, 6.45) is -1.29. The molecule has 3 aliphatic carbocycles. The number of phenolic OH excluding ortho intramolecular Hbond substituents is 1. The number of nitrogens with one attached hydrogen (secondary N) is 1. The van der Waals surface area contributed by atoms with Crippen molar-refractivity contribution >= 4 is 23.2 Å². The highest BCUT2D eigenvalue weighted by Crippen LogP contribution is 2.53. The average Bonchev–Trinajstić information content (AvgIpc) is 3.33. The molecule has 2 saturated carbocycles. The van der Waals surface area contributed by atoms with Crippen LogP contribution in [0.2, 0.25) is 0 Å². The van der Waals surface area contributed by atoms with E-state index in [1.807, 2.05) is 19.9 Å². The molecular formula is C29H35N3O8. The van der Waals surface area contributed by atoms with Crippen LogP contribution < -0.4 is 11.1 Å². The van der Waals surface area contributed by atoms with Crippen LogP contribution in [0, 0.1) is 17.8 Å². The van der Waals surface area contributed by atoms with Gasteiger partial charge in [-0.1, -0.05) is 13.8 Å². The number of ketones is 2. The molecule has 2 fully saturated rings. The quantitative estimate of drug-likeness (QED) is 0.281. The second kappa shape index (κ2) is 9.84. The lowest BCUT2D eigenvalue weighted by molar-refractivity contribution is -0.184. The van der Waals surface area contributed by atoms with E-state index in [1.165, 1.54) is 6.07 Å². The van der Waals surface area contributed by atoms with E-state index >= 15 is 0 Å². The van der Waals surface area contributed by atoms with Gasteiger partial charge in [0.2, 0.25) is 11.7 Å². The van der Waals surface area contributed by atoms with Crippen LogP contribution in [-0.4, -0.2) is 80.7 Å². The van der Waals surface area contributed by atoms with Crippen LogP contribution in [0.5, 0.6) is 5.75 Å². The van der Waals surface area contributed by atoms with Gasteiger partial charge in [0.25, 0.3) is 0 Å². The molecule has 0 bridgehead atoms. The summed E-state index contributed by atoms with van der Waals surface area (Å²) < 4.78 is 6.05. The van der Waals surface area contributed by atoms with Crippen molar-refractivity contribution < 1.29 is 39.2 Å². The van der Waals surface area contributed by atoms with E-state index in [1.54, 1.807) is 31.1 Å². The summed E-state index contributed by atoms with van der Waals surface area (Å²) in [5.74, 6) is -6.48. The zero-order valence-corrected chi connectivity index (χ0v) is 22.8. The van der Waals surface area contributed by atoms with Crippen LogP contribution in [0.15, 0.2) is 34.3 Å². The third-order valence-electron chi connectivity index (χ3n) is 8.58. The smallest absolute Gasteiger partial charge is 0.230 e. The molecule has 0 aliphatic heterocycles. The van der Waals surface area contributed by atoms with E-state index in [2.05, 4.69) is 5.32 Å². The van der Waals surface area contributed by atoms with Gasteiger partial charge in [-0.15, -0.1) is 0 Å². The largest absolute Gasteiger partial charge is 0.507 e. The van der Waals surface area contributed by atoms with Crippen LogP contribution in [0.1, 0.15) is 37.2 Å². The maximum absolute atomic E-state index is 13.9. The first-order chi connectivity index (χ1) is 18.8. The van der Waals surface area contributed by atoms with Crippen molar-refractivity contribution in [1.82, 2.24) is 10.2 Å². The van der Waals surface area contributed by atoms with Crippen molar-refractivity contribution in [2.24, 2.45) is 23.5 Å². The number of aliphatic hydroxyl groups excluding tert-OH is 2. The summed E-state index contributed by atoms with van der Waals surface area (Å²) >= 11 is 0. The van der Waals surface area contributed by atoms with Gasteiger partial charge < -0.3 is 40.8 Å². The Morgan fingerprint density at radius 2 is 1.90 bits per heavy atom. The number of rotatable bonds is 6. The standard InChI is InChI=1S/C29H35N3O8/c1-12(2)31-11-14-5-8-19(40-14)15-6-7-18(33)21-16(15)9-13-10-17-23(32(3)4)25(35)22(28(30)38)27(37)29(17,39)26(36)20(13)24(21)34/h5-8,12-13,17,22-23,25,31,33-35,39H,9-11H2,1-4H3,(H2,30,38)/t13-,17-,22?,23-,25?,29-/m1/s1. The van der Waals surface area contributed by atoms with Gasteiger partial charge in [0.1, 0.15) is 28.9 Å². The van der Waals surface area contributed by atoms with E-state index < -0.39 is 58.7 Å². The number of primary amides is 1. The first-order valence-electron chi connectivity index (χ1n) is 13.3. The Labute approximate surface area is 231 Å². The van der Waals surface area contributed by atoms with Gasteiger partial charge in [-0.3, -0.25) is 14.4 Å². The monoisotopic (exact) mass is 553 g/mol. The van der Waals surface area contributed by atoms with Crippen LogP contribution in [-0.2, 0) is 27.3 Å². The Balaban J connectivity index is 1.63. The number of likely N-dealkylation sites (N-methyl/N-ethyl adjacent to an activating group) is 1. The third kappa shape index (κ3) is 4.07. The number of hydrogen-bond acceptors (Lipinski definition) is 10. The molecule has 5 rings (SSSR count). The fourth-order valence-electron chi connectivity index (χ4n) is 6.76. The predicted molar refractivity (Wildman–Crippen MR) is 144 cm³/mol. The summed E-state index contributed by atoms with van der Waals surface area (Å²) in [6, 6.07) is 6.01. The number of carbonyl (C=O) groups excluding carboxylic acids is 3. The highest BCUT2D eigenvalue weighted by atomic mass is 16.3. The minimum atomic E-state index is -2.68. The van der Waals surface area contributed by atoms with Crippen molar-refractivity contribution in [3.05, 3.63) is 46.7 Å². The van der Waals surface area contributed by atoms with E-state index in [0.717, 1.165) is 0 Å². The number of benzene rings is 1. The number of fused-ring (bicyclic) bond motifs is 3. The molecule has 214 valence electrons. The van der Waals surface area contributed by atoms with E-state index in [-0.39, 0.29) is 35.8 Å². The highest BCUT2D eigenvalue weighted by Gasteiger charge is 2.67. The lowest BCUT2D eigenvalue weighted by atomic mass is 9.54. The molecule has 1 aromatic heterocycles. The fourth-order valence-corrected chi connectivity index (χ4v) is 6.76. The average molecular weight is 554 g/mol. The van der Waals surface area contributed by atoms with Crippen LogP contribution in [0.4, 0.5) is 0 Å². The summed E-state index contributed by atoms with van der Waals surface area (Å²) in [5, 5.41) is 48.2. The summed E-state index contributed by atoms with van der Waals surface area (Å²) in [7, 11) is 3.23. The third-order valence-corrected chi connectivity index (χ3v) is 8.58. The maximum Gasteiger partial charge on any atom is 0.230 e. The molecule has 0 spiro atoms. The molecule has 0 radical (unpaired) electrons. The van der Waals surface area contributed by atoms with Gasteiger partial charge in [0.15, 0.2) is 11.4 Å². The number of nitrogens with zero attached hydrogens (tertiary/aromatic N) is 1. The van der Waals surface area contributed by atoms with Gasteiger partial charge in [-0.05, 0) is 62.7 Å². The fraction of sp³-hybridized carbons (Fsp3) is 0.483. The van der Waals surface area contributed by atoms with Crippen molar-refractivity contribution in [3.63, 3.8) is 0 Å². The van der Waals surface area contributed by atoms with Crippen LogP contribution >= 0.6 is 0 Å². The predicted octanol–water partition coefficient (Wildman–Crippen LogP) is 0.887. The maximum atomic E-state index is 13.9. The van der Waals surface area contributed by atoms with Gasteiger partial charge in [-0.25, -0.2) is 0 Å². The summed E-state index contributed by atoms with van der Waals surface area (Å²) in [6.45, 7) is 4.56. The van der Waals surface area contributed by atoms with E-state index in [9.17, 15) is 34.8 Å². The molecule has 1 aromatic carbocycles. The molecule has 11 heteroatoms. The number of amides is 1. The summed E-state index contributed by atoms with van der Waals surface area (Å²) in [4.78, 5) is 41.1. The van der Waals surface area contributed by atoms with E-state index in [0.29, 0.717) is 29.2 Å². The number of aromatic hydroxyl groups is 1. The Morgan fingerprint density at radius 3 is 2.52 bits per heavy atom. The van der Waals surface area contributed by atoms with Crippen molar-refractivity contribution in [3.8, 4) is 17.1 Å². The zero-order valence-electron chi connectivity index (χ0n) is 22.8. The molecule has 1 heterocycles. The van der Waals surface area contributed by atoms with Crippen LogP contribution in [0.3, 0.4) is 0 Å². The molecule has 40 heavy (non-hydrogen) atoms. The zero-order chi connectivity index (χ0) is 29.3. The molecular weight excluding hydrogens is 518 g/mol. The molecule has 3 aliphatic rings. The topological polar surface area (TPSA) is 187 Å². The molecule has 2 unspecified atom stereocenters. The molecule has 11 nitrogen and oxygen atoms in total. The normalized spacial score (nSPS) is 29.9. The Hall–Kier alpha value is -3.51. The Morgan fingerprint density at radius 1 is 1.20 bits per heavy atom. The van der Waals surface area contributed by atoms with Gasteiger partial charge in [-0.2, -0.15) is 0 Å². The first kappa shape index (κ1) is 28.0. The lowest BCUT2D eigenvalue weighted by Crippen LogP contribution is -2.73. The second-order valence-corrected chi connectivity index (χ2v) is 11.6. The number of nitrogens with two attached hydrogens (primary N) is 1. The van der Waals surface area contributed by atoms with Gasteiger partial charge >= 0.3 is 0 Å². The van der Waals surface area contributed by atoms with E-state index in [4.69, 9.17) is 10.2 Å². The Kier molecular flexibility index (Phi) is 6.90. The number of furan rings is 1. The molecule has 6 atom stereocenters. The number of aliphatic hydroxyl groups is 3. The minimum Gasteiger partial charge on any atom is -0.507 e. The van der Waals surface area contributed by atoms with Crippen molar-refractivity contribution in [2.45, 2.75) is 57.0 Å². The van der Waals surface area contributed by atoms with Crippen molar-refractivity contribution in [2.75, 3.05) is 14.1 Å². The lowest BCUT2D eigenvalue weighted by Gasteiger charge is -2.53. The number of hydrogen-bond donors (Lipinski definition) is 6. The molecule has 1 amide bonds. The highest BCUT2D eigenvalue weighted by molar-refractivity contribution is 6.25. The summed E-state index contributed by atoms with van der Waals surface area (Å²) in [5.41, 5.74) is 3.75. The number of phenols is 1. The SMILES string of the molecule is CC(C)NCc1ccc(-c2ccc(O)c3c2C[C@@H]2C[C@@H]4[C@@H](N(C)C)C(O)C(C(N)=O)C(=O)[C@]4(O)C(=O)C2=C3O)o1. The molecule has 7 N–H and O–H groups in total. The van der Waals surface area contributed by atoms with Gasteiger partial charge in [0, 0.05) is 29.1 Å². The minimum absolute atomic E-state index is 0.0244.